The summed E-state index contributed by atoms with van der Waals surface area (Å²) < 4.78 is 5.08. The molecule has 4 nitrogen and oxygen atoms in total. The van der Waals surface area contributed by atoms with Gasteiger partial charge in [0, 0.05) is 19.9 Å². The average molecular weight is 168 g/mol. The summed E-state index contributed by atoms with van der Waals surface area (Å²) in [6.07, 6.45) is 2.25. The normalized spacial score (nSPS) is 9.83. The number of rotatable bonds is 3. The highest BCUT2D eigenvalue weighted by Gasteiger charge is 1.99. The molecule has 0 radical (unpaired) electrons. The number of oxazole rings is 1. The van der Waals surface area contributed by atoms with E-state index in [1.165, 1.54) is 6.92 Å². The Balaban J connectivity index is 2.29. The summed E-state index contributed by atoms with van der Waals surface area (Å²) in [5.41, 5.74) is 0.868. The van der Waals surface area contributed by atoms with Crippen LogP contribution in [0.2, 0.25) is 0 Å². The van der Waals surface area contributed by atoms with Crippen LogP contribution in [-0.4, -0.2) is 17.4 Å². The lowest BCUT2D eigenvalue weighted by atomic mass is 10.4. The third-order valence-corrected chi connectivity index (χ3v) is 1.38. The maximum Gasteiger partial charge on any atom is 0.216 e. The van der Waals surface area contributed by atoms with Crippen molar-refractivity contribution in [2.45, 2.75) is 20.3 Å². The van der Waals surface area contributed by atoms with Gasteiger partial charge in [-0.1, -0.05) is 0 Å². The van der Waals surface area contributed by atoms with E-state index in [-0.39, 0.29) is 5.91 Å². The maximum atomic E-state index is 10.5. The molecule has 1 aromatic rings. The molecule has 12 heavy (non-hydrogen) atoms. The van der Waals surface area contributed by atoms with Crippen molar-refractivity contribution in [3.05, 3.63) is 17.8 Å². The minimum Gasteiger partial charge on any atom is -0.449 e. The van der Waals surface area contributed by atoms with E-state index in [1.807, 2.05) is 6.92 Å². The summed E-state index contributed by atoms with van der Waals surface area (Å²) in [5.74, 6) is 0.638. The van der Waals surface area contributed by atoms with Crippen molar-refractivity contribution in [1.82, 2.24) is 10.3 Å². The highest BCUT2D eigenvalue weighted by Crippen LogP contribution is 1.99. The van der Waals surface area contributed by atoms with Gasteiger partial charge in [-0.3, -0.25) is 4.79 Å². The van der Waals surface area contributed by atoms with Gasteiger partial charge in [-0.25, -0.2) is 4.98 Å². The Bertz CT molecular complexity index is 268. The average Bonchev–Trinajstić information content (AvgIpc) is 2.35. The quantitative estimate of drug-likeness (QED) is 0.721. The van der Waals surface area contributed by atoms with Crippen molar-refractivity contribution in [3.63, 3.8) is 0 Å². The predicted molar refractivity (Wildman–Crippen MR) is 43.6 cm³/mol. The standard InChI is InChI=1S/C8H12N2O2/c1-6-5-12-8(10-6)3-4-9-7(2)11/h5H,3-4H2,1-2H3,(H,9,11). The van der Waals surface area contributed by atoms with Crippen LogP contribution in [0.15, 0.2) is 10.7 Å². The lowest BCUT2D eigenvalue weighted by Crippen LogP contribution is -2.22. The second-order valence-electron chi connectivity index (χ2n) is 2.62. The van der Waals surface area contributed by atoms with Gasteiger partial charge in [-0.2, -0.15) is 0 Å². The minimum absolute atomic E-state index is 0.0294. The number of hydrogen-bond donors (Lipinski definition) is 1. The molecule has 0 saturated carbocycles. The molecule has 0 atom stereocenters. The molecule has 0 saturated heterocycles. The monoisotopic (exact) mass is 168 g/mol. The van der Waals surface area contributed by atoms with Crippen molar-refractivity contribution in [2.75, 3.05) is 6.54 Å². The molecule has 1 N–H and O–H groups in total. The zero-order valence-electron chi connectivity index (χ0n) is 7.26. The first-order valence-corrected chi connectivity index (χ1v) is 3.84. The first-order chi connectivity index (χ1) is 5.68. The molecule has 0 fully saturated rings. The maximum absolute atomic E-state index is 10.5. The third-order valence-electron chi connectivity index (χ3n) is 1.38. The van der Waals surface area contributed by atoms with Crippen LogP contribution in [0.25, 0.3) is 0 Å². The molecule has 4 heteroatoms. The molecule has 0 bridgehead atoms. The molecule has 0 aromatic carbocycles. The lowest BCUT2D eigenvalue weighted by Gasteiger charge is -1.96. The summed E-state index contributed by atoms with van der Waals surface area (Å²) in [4.78, 5) is 14.6. The fraction of sp³-hybridized carbons (Fsp3) is 0.500. The number of carbonyl (C=O) groups excluding carboxylic acids is 1. The Morgan fingerprint density at radius 2 is 2.50 bits per heavy atom. The molecule has 0 aliphatic heterocycles. The topological polar surface area (TPSA) is 55.1 Å². The molecule has 0 spiro atoms. The van der Waals surface area contributed by atoms with E-state index in [1.54, 1.807) is 6.26 Å². The summed E-state index contributed by atoms with van der Waals surface area (Å²) >= 11 is 0. The van der Waals surface area contributed by atoms with Gasteiger partial charge in [0.25, 0.3) is 0 Å². The third kappa shape index (κ3) is 2.74. The van der Waals surface area contributed by atoms with Gasteiger partial charge in [-0.15, -0.1) is 0 Å². The summed E-state index contributed by atoms with van der Waals surface area (Å²) in [7, 11) is 0. The summed E-state index contributed by atoms with van der Waals surface area (Å²) in [6.45, 7) is 3.93. The van der Waals surface area contributed by atoms with Gasteiger partial charge in [-0.05, 0) is 6.92 Å². The van der Waals surface area contributed by atoms with Crippen molar-refractivity contribution >= 4 is 5.91 Å². The fourth-order valence-corrected chi connectivity index (χ4v) is 0.863. The van der Waals surface area contributed by atoms with E-state index in [0.29, 0.717) is 18.9 Å². The van der Waals surface area contributed by atoms with Crippen LogP contribution in [-0.2, 0) is 11.2 Å². The van der Waals surface area contributed by atoms with Gasteiger partial charge in [0.1, 0.15) is 6.26 Å². The van der Waals surface area contributed by atoms with Gasteiger partial charge < -0.3 is 9.73 Å². The molecule has 1 amide bonds. The molecule has 1 rings (SSSR count). The first kappa shape index (κ1) is 8.77. The molecule has 0 aliphatic rings. The van der Waals surface area contributed by atoms with E-state index >= 15 is 0 Å². The number of amides is 1. The minimum atomic E-state index is -0.0294. The largest absolute Gasteiger partial charge is 0.449 e. The van der Waals surface area contributed by atoms with Crippen molar-refractivity contribution in [1.29, 1.82) is 0 Å². The van der Waals surface area contributed by atoms with Crippen molar-refractivity contribution in [3.8, 4) is 0 Å². The fourth-order valence-electron chi connectivity index (χ4n) is 0.863. The van der Waals surface area contributed by atoms with Gasteiger partial charge in [0.15, 0.2) is 5.89 Å². The summed E-state index contributed by atoms with van der Waals surface area (Å²) in [6, 6.07) is 0. The van der Waals surface area contributed by atoms with Crippen LogP contribution in [0.5, 0.6) is 0 Å². The van der Waals surface area contributed by atoms with Crippen molar-refractivity contribution in [2.24, 2.45) is 0 Å². The summed E-state index contributed by atoms with van der Waals surface area (Å²) in [5, 5.41) is 2.66. The highest BCUT2D eigenvalue weighted by molar-refractivity contribution is 5.72. The molecular formula is C8H12N2O2. The molecule has 66 valence electrons. The van der Waals surface area contributed by atoms with E-state index in [0.717, 1.165) is 5.69 Å². The van der Waals surface area contributed by atoms with Crippen LogP contribution in [0, 0.1) is 6.92 Å². The Hall–Kier alpha value is -1.32. The molecular weight excluding hydrogens is 156 g/mol. The zero-order chi connectivity index (χ0) is 8.97. The second kappa shape index (κ2) is 3.90. The molecule has 1 aromatic heterocycles. The number of aromatic nitrogens is 1. The predicted octanol–water partition coefficient (Wildman–Crippen LogP) is 0.662. The highest BCUT2D eigenvalue weighted by atomic mass is 16.3. The van der Waals surface area contributed by atoms with E-state index in [4.69, 9.17) is 4.42 Å². The number of hydrogen-bond acceptors (Lipinski definition) is 3. The number of aryl methyl sites for hydroxylation is 1. The van der Waals surface area contributed by atoms with Gasteiger partial charge in [0.05, 0.1) is 5.69 Å². The van der Waals surface area contributed by atoms with Crippen LogP contribution in [0.4, 0.5) is 0 Å². The van der Waals surface area contributed by atoms with Gasteiger partial charge >= 0.3 is 0 Å². The SMILES string of the molecule is CC(=O)NCCc1nc(C)co1. The van der Waals surface area contributed by atoms with Crippen molar-refractivity contribution < 1.29 is 9.21 Å². The lowest BCUT2D eigenvalue weighted by molar-refractivity contribution is -0.118. The smallest absolute Gasteiger partial charge is 0.216 e. The van der Waals surface area contributed by atoms with Crippen LogP contribution in [0.1, 0.15) is 18.5 Å². The second-order valence-corrected chi connectivity index (χ2v) is 2.62. The zero-order valence-corrected chi connectivity index (χ0v) is 7.26. The Morgan fingerprint density at radius 3 is 3.00 bits per heavy atom. The Labute approximate surface area is 71.0 Å². The van der Waals surface area contributed by atoms with Crippen LogP contribution < -0.4 is 5.32 Å². The first-order valence-electron chi connectivity index (χ1n) is 3.84. The van der Waals surface area contributed by atoms with E-state index in [9.17, 15) is 4.79 Å². The van der Waals surface area contributed by atoms with Crippen LogP contribution >= 0.6 is 0 Å². The Morgan fingerprint density at radius 1 is 1.75 bits per heavy atom. The number of nitrogens with one attached hydrogen (secondary N) is 1. The van der Waals surface area contributed by atoms with E-state index < -0.39 is 0 Å². The number of carbonyl (C=O) groups is 1. The van der Waals surface area contributed by atoms with Crippen LogP contribution in [0.3, 0.4) is 0 Å². The molecule has 1 heterocycles. The van der Waals surface area contributed by atoms with Gasteiger partial charge in [0.2, 0.25) is 5.91 Å². The number of nitrogens with zero attached hydrogens (tertiary/aromatic N) is 1. The Kier molecular flexibility index (Phi) is 2.85. The molecule has 0 aliphatic carbocycles. The van der Waals surface area contributed by atoms with E-state index in [2.05, 4.69) is 10.3 Å². The molecule has 0 unspecified atom stereocenters.